The van der Waals surface area contributed by atoms with Crippen molar-refractivity contribution in [3.63, 3.8) is 0 Å². The summed E-state index contributed by atoms with van der Waals surface area (Å²) in [6.07, 6.45) is 5.42. The Kier molecular flexibility index (Phi) is 2.99. The minimum atomic E-state index is 0.744. The van der Waals surface area contributed by atoms with Crippen LogP contribution >= 0.6 is 11.6 Å². The van der Waals surface area contributed by atoms with E-state index in [4.69, 9.17) is 18.0 Å². The zero-order chi connectivity index (χ0) is 11.5. The molecule has 2 aromatic rings. The topological polar surface area (TPSA) is 0 Å². The second-order valence-electron chi connectivity index (χ2n) is 3.74. The molecule has 0 aliphatic heterocycles. The molecule has 2 rings (SSSR count). The van der Waals surface area contributed by atoms with Crippen LogP contribution in [0.25, 0.3) is 11.1 Å². The van der Waals surface area contributed by atoms with Gasteiger partial charge in [-0.05, 0) is 47.9 Å². The summed E-state index contributed by atoms with van der Waals surface area (Å²) in [5.41, 5.74) is 4.33. The summed E-state index contributed by atoms with van der Waals surface area (Å²) in [7, 11) is 0. The highest BCUT2D eigenvalue weighted by Crippen LogP contribution is 2.23. The molecule has 1 heteroatoms. The Bertz CT molecular complexity index is 545. The van der Waals surface area contributed by atoms with E-state index in [1.54, 1.807) is 0 Å². The highest BCUT2D eigenvalue weighted by atomic mass is 35.5. The molecule has 0 heterocycles. The number of aryl methyl sites for hydroxylation is 1. The van der Waals surface area contributed by atoms with Crippen molar-refractivity contribution in [3.05, 3.63) is 58.6 Å². The Morgan fingerprint density at radius 1 is 1.00 bits per heavy atom. The van der Waals surface area contributed by atoms with Gasteiger partial charge in [0, 0.05) is 10.6 Å². The van der Waals surface area contributed by atoms with E-state index in [1.165, 1.54) is 5.56 Å². The minimum absolute atomic E-state index is 0.744. The molecule has 0 aliphatic rings. The summed E-state index contributed by atoms with van der Waals surface area (Å²) in [6.45, 7) is 2.04. The summed E-state index contributed by atoms with van der Waals surface area (Å²) < 4.78 is 0. The Morgan fingerprint density at radius 3 is 2.31 bits per heavy atom. The van der Waals surface area contributed by atoms with Crippen molar-refractivity contribution in [2.24, 2.45) is 0 Å². The van der Waals surface area contributed by atoms with Gasteiger partial charge in [0.05, 0.1) is 0 Å². The van der Waals surface area contributed by atoms with Crippen LogP contribution in [0.15, 0.2) is 42.5 Å². The monoisotopic (exact) mass is 226 g/mol. The Labute approximate surface area is 101 Å². The molecule has 0 saturated carbocycles. The maximum absolute atomic E-state index is 5.86. The fraction of sp³-hybridized carbons (Fsp3) is 0.0667. The van der Waals surface area contributed by atoms with E-state index in [2.05, 4.69) is 12.0 Å². The van der Waals surface area contributed by atoms with E-state index in [1.807, 2.05) is 43.3 Å². The van der Waals surface area contributed by atoms with Gasteiger partial charge in [0.15, 0.2) is 0 Å². The largest absolute Gasteiger partial charge is 0.115 e. The van der Waals surface area contributed by atoms with Crippen LogP contribution in [0.1, 0.15) is 11.1 Å². The van der Waals surface area contributed by atoms with E-state index in [9.17, 15) is 0 Å². The van der Waals surface area contributed by atoms with Crippen molar-refractivity contribution in [2.75, 3.05) is 0 Å². The van der Waals surface area contributed by atoms with Gasteiger partial charge in [-0.15, -0.1) is 6.42 Å². The van der Waals surface area contributed by atoms with Gasteiger partial charge >= 0.3 is 0 Å². The predicted molar refractivity (Wildman–Crippen MR) is 69.6 cm³/mol. The molecule has 0 radical (unpaired) electrons. The van der Waals surface area contributed by atoms with Crippen LogP contribution < -0.4 is 0 Å². The second-order valence-corrected chi connectivity index (χ2v) is 4.18. The normalized spacial score (nSPS) is 9.81. The lowest BCUT2D eigenvalue weighted by Crippen LogP contribution is -1.83. The van der Waals surface area contributed by atoms with Gasteiger partial charge in [0.1, 0.15) is 0 Å². The van der Waals surface area contributed by atoms with Crippen molar-refractivity contribution >= 4 is 11.6 Å². The Morgan fingerprint density at radius 2 is 1.69 bits per heavy atom. The number of terminal acetylenes is 1. The van der Waals surface area contributed by atoms with Gasteiger partial charge in [-0.25, -0.2) is 0 Å². The highest BCUT2D eigenvalue weighted by molar-refractivity contribution is 6.30. The number of halogens is 1. The molecular formula is C15H11Cl. The molecule has 0 aliphatic carbocycles. The van der Waals surface area contributed by atoms with E-state index in [-0.39, 0.29) is 0 Å². The fourth-order valence-corrected chi connectivity index (χ4v) is 1.80. The van der Waals surface area contributed by atoms with Crippen LogP contribution in [-0.2, 0) is 0 Å². The minimum Gasteiger partial charge on any atom is -0.115 e. The van der Waals surface area contributed by atoms with Crippen LogP contribution in [0.2, 0.25) is 5.02 Å². The molecule has 16 heavy (non-hydrogen) atoms. The zero-order valence-corrected chi connectivity index (χ0v) is 9.75. The SMILES string of the molecule is C#Cc1cc(C)cc(-c2ccc(Cl)cc2)c1. The van der Waals surface area contributed by atoms with Gasteiger partial charge in [-0.2, -0.15) is 0 Å². The highest BCUT2D eigenvalue weighted by Gasteiger charge is 2.00. The summed E-state index contributed by atoms with van der Waals surface area (Å²) in [6, 6.07) is 13.9. The Hall–Kier alpha value is -1.71. The maximum atomic E-state index is 5.86. The average Bonchev–Trinajstić information content (AvgIpc) is 2.29. The van der Waals surface area contributed by atoms with E-state index < -0.39 is 0 Å². The molecule has 0 unspecified atom stereocenters. The quantitative estimate of drug-likeness (QED) is 0.636. The predicted octanol–water partition coefficient (Wildman–Crippen LogP) is 4.30. The molecule has 0 N–H and O–H groups in total. The molecule has 0 bridgehead atoms. The van der Waals surface area contributed by atoms with E-state index >= 15 is 0 Å². The number of rotatable bonds is 1. The van der Waals surface area contributed by atoms with Crippen LogP contribution in [0.5, 0.6) is 0 Å². The fourth-order valence-electron chi connectivity index (χ4n) is 1.68. The molecule has 0 saturated heterocycles. The lowest BCUT2D eigenvalue weighted by Gasteiger charge is -2.04. The average molecular weight is 227 g/mol. The van der Waals surface area contributed by atoms with Crippen LogP contribution in [0.4, 0.5) is 0 Å². The molecule has 2 aromatic carbocycles. The standard InChI is InChI=1S/C15H11Cl/c1-3-12-8-11(2)9-14(10-12)13-4-6-15(16)7-5-13/h1,4-10H,2H3. The molecule has 0 aromatic heterocycles. The second kappa shape index (κ2) is 4.43. The third-order valence-electron chi connectivity index (χ3n) is 2.42. The molecule has 0 nitrogen and oxygen atoms in total. The molecule has 0 amide bonds. The zero-order valence-electron chi connectivity index (χ0n) is 9.00. The first-order chi connectivity index (χ1) is 7.69. The summed E-state index contributed by atoms with van der Waals surface area (Å²) in [5.74, 6) is 2.66. The summed E-state index contributed by atoms with van der Waals surface area (Å²) in [4.78, 5) is 0. The third-order valence-corrected chi connectivity index (χ3v) is 2.67. The molecular weight excluding hydrogens is 216 g/mol. The summed E-state index contributed by atoms with van der Waals surface area (Å²) >= 11 is 5.86. The van der Waals surface area contributed by atoms with E-state index in [0.717, 1.165) is 21.7 Å². The first kappa shape index (κ1) is 10.8. The van der Waals surface area contributed by atoms with Gasteiger partial charge in [-0.1, -0.05) is 35.7 Å². The third kappa shape index (κ3) is 2.27. The maximum Gasteiger partial charge on any atom is 0.0406 e. The first-order valence-electron chi connectivity index (χ1n) is 5.03. The van der Waals surface area contributed by atoms with Gasteiger partial charge < -0.3 is 0 Å². The van der Waals surface area contributed by atoms with Crippen molar-refractivity contribution in [1.29, 1.82) is 0 Å². The van der Waals surface area contributed by atoms with Gasteiger partial charge in [-0.3, -0.25) is 0 Å². The van der Waals surface area contributed by atoms with Crippen LogP contribution in [0.3, 0.4) is 0 Å². The molecule has 78 valence electrons. The summed E-state index contributed by atoms with van der Waals surface area (Å²) in [5, 5.41) is 0.744. The van der Waals surface area contributed by atoms with Gasteiger partial charge in [0.25, 0.3) is 0 Å². The van der Waals surface area contributed by atoms with Crippen molar-refractivity contribution in [2.45, 2.75) is 6.92 Å². The number of hydrogen-bond donors (Lipinski definition) is 0. The van der Waals surface area contributed by atoms with Gasteiger partial charge in [0.2, 0.25) is 0 Å². The smallest absolute Gasteiger partial charge is 0.0406 e. The van der Waals surface area contributed by atoms with Crippen molar-refractivity contribution in [1.82, 2.24) is 0 Å². The van der Waals surface area contributed by atoms with Crippen molar-refractivity contribution < 1.29 is 0 Å². The van der Waals surface area contributed by atoms with Crippen LogP contribution in [0, 0.1) is 19.3 Å². The Balaban J connectivity index is 2.52. The lowest BCUT2D eigenvalue weighted by atomic mass is 10.0. The number of hydrogen-bond acceptors (Lipinski definition) is 0. The first-order valence-corrected chi connectivity index (χ1v) is 5.41. The molecule has 0 atom stereocenters. The van der Waals surface area contributed by atoms with Crippen molar-refractivity contribution in [3.8, 4) is 23.5 Å². The molecule has 0 spiro atoms. The lowest BCUT2D eigenvalue weighted by molar-refractivity contribution is 1.45. The molecule has 0 fully saturated rings. The number of benzene rings is 2. The van der Waals surface area contributed by atoms with E-state index in [0.29, 0.717) is 0 Å². The van der Waals surface area contributed by atoms with Crippen LogP contribution in [-0.4, -0.2) is 0 Å².